The van der Waals surface area contributed by atoms with E-state index in [4.69, 9.17) is 26.2 Å². The molecule has 12 heteroatoms. The Kier molecular flexibility index (Phi) is 7.89. The van der Waals surface area contributed by atoms with Gasteiger partial charge in [0.25, 0.3) is 5.60 Å². The highest BCUT2D eigenvalue weighted by atomic mass is 35.5. The maximum absolute atomic E-state index is 12.9. The van der Waals surface area contributed by atoms with Gasteiger partial charge in [-0.15, -0.1) is 0 Å². The first kappa shape index (κ1) is 25.6. The molecule has 0 aliphatic rings. The molecule has 0 saturated carbocycles. The van der Waals surface area contributed by atoms with Crippen LogP contribution in [0.1, 0.15) is 17.5 Å². The van der Waals surface area contributed by atoms with Crippen molar-refractivity contribution in [1.29, 1.82) is 0 Å². The molecule has 2 aromatic carbocycles. The summed E-state index contributed by atoms with van der Waals surface area (Å²) >= 11 is 5.75. The maximum Gasteiger partial charge on any atom is 0.430 e. The van der Waals surface area contributed by atoms with Gasteiger partial charge in [-0.05, 0) is 29.8 Å². The number of hydrogen-bond donors (Lipinski definition) is 2. The Hall–Kier alpha value is -2.66. The van der Waals surface area contributed by atoms with Crippen molar-refractivity contribution in [1.82, 2.24) is 0 Å². The van der Waals surface area contributed by atoms with Crippen molar-refractivity contribution < 1.29 is 50.8 Å². The van der Waals surface area contributed by atoms with Crippen LogP contribution in [0, 0.1) is 0 Å². The molecular formula is C20H17ClF6O5. The van der Waals surface area contributed by atoms with Crippen molar-refractivity contribution >= 4 is 17.6 Å². The first-order chi connectivity index (χ1) is 14.8. The molecule has 0 aromatic heterocycles. The Labute approximate surface area is 183 Å². The number of ether oxygens (including phenoxy) is 2. The van der Waals surface area contributed by atoms with Crippen LogP contribution in [0.4, 0.5) is 26.3 Å². The molecule has 0 fully saturated rings. The normalized spacial score (nSPS) is 12.5. The highest BCUT2D eigenvalue weighted by Crippen LogP contribution is 2.50. The predicted molar refractivity (Wildman–Crippen MR) is 101 cm³/mol. The molecule has 176 valence electrons. The van der Waals surface area contributed by atoms with Gasteiger partial charge in [0.05, 0.1) is 24.7 Å². The summed E-state index contributed by atoms with van der Waals surface area (Å²) in [6.45, 7) is 0.148. The van der Waals surface area contributed by atoms with E-state index >= 15 is 0 Å². The quantitative estimate of drug-likeness (QED) is 0.380. The molecule has 2 rings (SSSR count). The monoisotopic (exact) mass is 486 g/mol. The highest BCUT2D eigenvalue weighted by Gasteiger charge is 2.71. The lowest BCUT2D eigenvalue weighted by molar-refractivity contribution is -0.376. The molecule has 5 nitrogen and oxygen atoms in total. The fourth-order valence-electron chi connectivity index (χ4n) is 2.64. The number of rotatable bonds is 9. The second kappa shape index (κ2) is 9.86. The topological polar surface area (TPSA) is 76.0 Å². The number of carboxylic acids is 1. The molecule has 0 heterocycles. The van der Waals surface area contributed by atoms with E-state index in [2.05, 4.69) is 0 Å². The summed E-state index contributed by atoms with van der Waals surface area (Å²) < 4.78 is 88.3. The standard InChI is InChI=1S/C20H17ClF6O5/c21-15-11-13(18(30,19(22,23)24)20(25,26)27)4-7-16(15)32-9-1-8-31-14-5-2-12(3-6-14)10-17(28)29/h2-7,11,30H,1,8-10H2,(H,28,29). The van der Waals surface area contributed by atoms with Crippen LogP contribution >= 0.6 is 11.6 Å². The largest absolute Gasteiger partial charge is 0.493 e. The number of aliphatic carboxylic acids is 1. The number of carboxylic acid groups (broad SMARTS) is 1. The van der Waals surface area contributed by atoms with Crippen LogP contribution in [0.25, 0.3) is 0 Å². The molecule has 0 radical (unpaired) electrons. The van der Waals surface area contributed by atoms with Crippen LogP contribution in [-0.4, -0.2) is 41.7 Å². The van der Waals surface area contributed by atoms with E-state index in [-0.39, 0.29) is 25.4 Å². The molecule has 2 aromatic rings. The molecule has 0 atom stereocenters. The van der Waals surface area contributed by atoms with Crippen molar-refractivity contribution in [2.45, 2.75) is 30.8 Å². The third kappa shape index (κ3) is 5.98. The molecular weight excluding hydrogens is 470 g/mol. The van der Waals surface area contributed by atoms with Crippen molar-refractivity contribution in [3.8, 4) is 11.5 Å². The van der Waals surface area contributed by atoms with Crippen LogP contribution in [0.3, 0.4) is 0 Å². The van der Waals surface area contributed by atoms with E-state index in [0.717, 1.165) is 6.07 Å². The van der Waals surface area contributed by atoms with E-state index in [1.807, 2.05) is 0 Å². The fraction of sp³-hybridized carbons (Fsp3) is 0.350. The van der Waals surface area contributed by atoms with Gasteiger partial charge in [0.1, 0.15) is 11.5 Å². The van der Waals surface area contributed by atoms with E-state index in [1.165, 1.54) is 0 Å². The zero-order valence-electron chi connectivity index (χ0n) is 16.1. The molecule has 32 heavy (non-hydrogen) atoms. The molecule has 2 N–H and O–H groups in total. The number of hydrogen-bond acceptors (Lipinski definition) is 4. The lowest BCUT2D eigenvalue weighted by Crippen LogP contribution is -2.53. The Morgan fingerprint density at radius 2 is 1.47 bits per heavy atom. The van der Waals surface area contributed by atoms with Gasteiger partial charge in [-0.25, -0.2) is 0 Å². The van der Waals surface area contributed by atoms with Gasteiger partial charge in [-0.3, -0.25) is 4.79 Å². The van der Waals surface area contributed by atoms with Crippen LogP contribution in [0.5, 0.6) is 11.5 Å². The van der Waals surface area contributed by atoms with Gasteiger partial charge in [0.15, 0.2) is 0 Å². The van der Waals surface area contributed by atoms with Crippen molar-refractivity contribution in [3.63, 3.8) is 0 Å². The average molecular weight is 487 g/mol. The summed E-state index contributed by atoms with van der Waals surface area (Å²) in [5.74, 6) is -0.663. The zero-order valence-corrected chi connectivity index (χ0v) is 16.9. The van der Waals surface area contributed by atoms with E-state index < -0.39 is 34.5 Å². The molecule has 0 bridgehead atoms. The molecule has 0 spiro atoms. The Morgan fingerprint density at radius 1 is 0.906 bits per heavy atom. The van der Waals surface area contributed by atoms with Crippen molar-refractivity contribution in [2.24, 2.45) is 0 Å². The second-order valence-electron chi connectivity index (χ2n) is 6.62. The summed E-state index contributed by atoms with van der Waals surface area (Å²) in [6, 6.07) is 7.94. The van der Waals surface area contributed by atoms with Gasteiger partial charge < -0.3 is 19.7 Å². The van der Waals surface area contributed by atoms with Gasteiger partial charge >= 0.3 is 18.3 Å². The summed E-state index contributed by atoms with van der Waals surface area (Å²) in [6.07, 6.45) is -11.9. The summed E-state index contributed by atoms with van der Waals surface area (Å²) in [5, 5.41) is 17.6. The molecule has 0 saturated heterocycles. The summed E-state index contributed by atoms with van der Waals surface area (Å²) in [5.41, 5.74) is -5.96. The first-order valence-electron chi connectivity index (χ1n) is 8.98. The van der Waals surface area contributed by atoms with Crippen LogP contribution in [0.2, 0.25) is 5.02 Å². The minimum absolute atomic E-state index is 0.0149. The average Bonchev–Trinajstić information content (AvgIpc) is 2.67. The van der Waals surface area contributed by atoms with Gasteiger partial charge in [-0.2, -0.15) is 26.3 Å². The minimum Gasteiger partial charge on any atom is -0.493 e. The van der Waals surface area contributed by atoms with E-state index in [1.54, 1.807) is 24.3 Å². The number of benzene rings is 2. The van der Waals surface area contributed by atoms with Crippen LogP contribution in [-0.2, 0) is 16.8 Å². The minimum atomic E-state index is -6.01. The molecule has 0 unspecified atom stereocenters. The van der Waals surface area contributed by atoms with E-state index in [9.17, 15) is 36.2 Å². The Morgan fingerprint density at radius 3 is 1.97 bits per heavy atom. The predicted octanol–water partition coefficient (Wildman–Crippen LogP) is 5.13. The third-order valence-electron chi connectivity index (χ3n) is 4.26. The molecule has 0 aliphatic carbocycles. The second-order valence-corrected chi connectivity index (χ2v) is 7.02. The third-order valence-corrected chi connectivity index (χ3v) is 4.56. The fourth-order valence-corrected chi connectivity index (χ4v) is 2.88. The lowest BCUT2D eigenvalue weighted by Gasteiger charge is -2.32. The highest BCUT2D eigenvalue weighted by molar-refractivity contribution is 6.32. The lowest BCUT2D eigenvalue weighted by atomic mass is 9.92. The van der Waals surface area contributed by atoms with Crippen molar-refractivity contribution in [3.05, 3.63) is 58.6 Å². The summed E-state index contributed by atoms with van der Waals surface area (Å²) in [4.78, 5) is 10.6. The molecule has 0 amide bonds. The van der Waals surface area contributed by atoms with E-state index in [0.29, 0.717) is 29.9 Å². The zero-order chi connectivity index (χ0) is 24.2. The number of halogens is 7. The Bertz CT molecular complexity index is 914. The smallest absolute Gasteiger partial charge is 0.430 e. The number of alkyl halides is 6. The van der Waals surface area contributed by atoms with Crippen molar-refractivity contribution in [2.75, 3.05) is 13.2 Å². The first-order valence-corrected chi connectivity index (χ1v) is 9.35. The number of aliphatic hydroxyl groups is 1. The van der Waals surface area contributed by atoms with Crippen LogP contribution < -0.4 is 9.47 Å². The van der Waals surface area contributed by atoms with Gasteiger partial charge in [-0.1, -0.05) is 29.8 Å². The number of carbonyl (C=O) groups is 1. The Balaban J connectivity index is 1.93. The van der Waals surface area contributed by atoms with Gasteiger partial charge in [0.2, 0.25) is 0 Å². The SMILES string of the molecule is O=C(O)Cc1ccc(OCCCOc2ccc(C(O)(C(F)(F)F)C(F)(F)F)cc2Cl)cc1. The van der Waals surface area contributed by atoms with Crippen LogP contribution in [0.15, 0.2) is 42.5 Å². The van der Waals surface area contributed by atoms with Gasteiger partial charge in [0, 0.05) is 12.0 Å². The summed E-state index contributed by atoms with van der Waals surface area (Å²) in [7, 11) is 0. The molecule has 0 aliphatic heterocycles. The maximum atomic E-state index is 12.9.